The molecular formula is C14H21NO3. The van der Waals surface area contributed by atoms with Crippen molar-refractivity contribution in [1.82, 2.24) is 0 Å². The van der Waals surface area contributed by atoms with Crippen LogP contribution in [-0.4, -0.2) is 30.7 Å². The van der Waals surface area contributed by atoms with E-state index in [1.807, 2.05) is 24.3 Å². The lowest BCUT2D eigenvalue weighted by Crippen LogP contribution is -2.07. The molecule has 1 aromatic rings. The maximum atomic E-state index is 8.64. The largest absolute Gasteiger partial charge is 0.491 e. The van der Waals surface area contributed by atoms with E-state index in [2.05, 4.69) is 12.1 Å². The molecule has 0 unspecified atom stereocenters. The van der Waals surface area contributed by atoms with Gasteiger partial charge in [-0.1, -0.05) is 18.5 Å². The summed E-state index contributed by atoms with van der Waals surface area (Å²) in [5.74, 6) is 0.795. The standard InChI is InChI=1S/C14H21NO3/c1-3-4-9-17-10-11-18-14-7-5-13(6-8-14)12(2)15-16/h5-8,16H,3-4,9-11H2,1-2H3/b15-12+. The first-order valence-electron chi connectivity index (χ1n) is 6.27. The lowest BCUT2D eigenvalue weighted by atomic mass is 10.1. The minimum atomic E-state index is 0.552. The molecule has 0 bridgehead atoms. The van der Waals surface area contributed by atoms with Crippen LogP contribution in [0, 0.1) is 0 Å². The summed E-state index contributed by atoms with van der Waals surface area (Å²) >= 11 is 0. The number of benzene rings is 1. The van der Waals surface area contributed by atoms with Gasteiger partial charge in [0.25, 0.3) is 0 Å². The van der Waals surface area contributed by atoms with Crippen LogP contribution in [-0.2, 0) is 4.74 Å². The molecule has 18 heavy (non-hydrogen) atoms. The fourth-order valence-electron chi connectivity index (χ4n) is 1.42. The predicted octanol–water partition coefficient (Wildman–Crippen LogP) is 3.08. The van der Waals surface area contributed by atoms with Gasteiger partial charge in [-0.3, -0.25) is 0 Å². The molecule has 4 nitrogen and oxygen atoms in total. The molecule has 0 spiro atoms. The molecule has 0 heterocycles. The topological polar surface area (TPSA) is 51.0 Å². The smallest absolute Gasteiger partial charge is 0.119 e. The molecule has 0 aliphatic rings. The number of rotatable bonds is 8. The van der Waals surface area contributed by atoms with Crippen LogP contribution in [0.3, 0.4) is 0 Å². The zero-order valence-electron chi connectivity index (χ0n) is 11.1. The first-order valence-corrected chi connectivity index (χ1v) is 6.27. The minimum Gasteiger partial charge on any atom is -0.491 e. The molecule has 0 saturated carbocycles. The second-order valence-electron chi connectivity index (χ2n) is 4.02. The zero-order valence-corrected chi connectivity index (χ0v) is 11.1. The highest BCUT2D eigenvalue weighted by molar-refractivity contribution is 5.98. The average Bonchev–Trinajstić information content (AvgIpc) is 2.42. The quantitative estimate of drug-likeness (QED) is 0.334. The second kappa shape index (κ2) is 8.53. The van der Waals surface area contributed by atoms with Gasteiger partial charge >= 0.3 is 0 Å². The fraction of sp³-hybridized carbons (Fsp3) is 0.500. The Morgan fingerprint density at radius 3 is 2.50 bits per heavy atom. The van der Waals surface area contributed by atoms with E-state index in [1.54, 1.807) is 6.92 Å². The molecule has 0 aromatic heterocycles. The van der Waals surface area contributed by atoms with Gasteiger partial charge in [-0.05, 0) is 43.2 Å². The van der Waals surface area contributed by atoms with E-state index in [0.717, 1.165) is 30.8 Å². The monoisotopic (exact) mass is 251 g/mol. The van der Waals surface area contributed by atoms with E-state index < -0.39 is 0 Å². The molecule has 1 rings (SSSR count). The van der Waals surface area contributed by atoms with Crippen molar-refractivity contribution in [2.24, 2.45) is 5.16 Å². The molecule has 0 aliphatic carbocycles. The Labute approximate surface area is 108 Å². The highest BCUT2D eigenvalue weighted by Crippen LogP contribution is 2.12. The molecular weight excluding hydrogens is 230 g/mol. The van der Waals surface area contributed by atoms with Gasteiger partial charge in [0.15, 0.2) is 0 Å². The summed E-state index contributed by atoms with van der Waals surface area (Å²) in [6.45, 7) is 5.84. The summed E-state index contributed by atoms with van der Waals surface area (Å²) in [6, 6.07) is 7.44. The van der Waals surface area contributed by atoms with Crippen LogP contribution in [0.1, 0.15) is 32.3 Å². The summed E-state index contributed by atoms with van der Waals surface area (Å²) in [6.07, 6.45) is 2.24. The number of unbranched alkanes of at least 4 members (excludes halogenated alkanes) is 1. The number of hydrogen-bond acceptors (Lipinski definition) is 4. The van der Waals surface area contributed by atoms with E-state index in [1.165, 1.54) is 0 Å². The van der Waals surface area contributed by atoms with E-state index in [-0.39, 0.29) is 0 Å². The summed E-state index contributed by atoms with van der Waals surface area (Å²) in [5, 5.41) is 11.8. The predicted molar refractivity (Wildman–Crippen MR) is 71.7 cm³/mol. The maximum Gasteiger partial charge on any atom is 0.119 e. The van der Waals surface area contributed by atoms with Crippen molar-refractivity contribution < 1.29 is 14.7 Å². The highest BCUT2D eigenvalue weighted by atomic mass is 16.5. The van der Waals surface area contributed by atoms with Crippen LogP contribution in [0.25, 0.3) is 0 Å². The van der Waals surface area contributed by atoms with Gasteiger partial charge in [0, 0.05) is 6.61 Å². The Balaban J connectivity index is 2.27. The summed E-state index contributed by atoms with van der Waals surface area (Å²) in [5.41, 5.74) is 1.47. The molecule has 0 saturated heterocycles. The summed E-state index contributed by atoms with van der Waals surface area (Å²) in [7, 11) is 0. The zero-order chi connectivity index (χ0) is 13.2. The van der Waals surface area contributed by atoms with Gasteiger partial charge in [-0.15, -0.1) is 0 Å². The first-order chi connectivity index (χ1) is 8.77. The molecule has 0 amide bonds. The van der Waals surface area contributed by atoms with Crippen LogP contribution >= 0.6 is 0 Å². The first kappa shape index (κ1) is 14.5. The van der Waals surface area contributed by atoms with Crippen molar-refractivity contribution in [2.45, 2.75) is 26.7 Å². The van der Waals surface area contributed by atoms with Crippen molar-refractivity contribution in [3.63, 3.8) is 0 Å². The summed E-state index contributed by atoms with van der Waals surface area (Å²) in [4.78, 5) is 0. The molecule has 1 N–H and O–H groups in total. The van der Waals surface area contributed by atoms with Crippen molar-refractivity contribution in [3.05, 3.63) is 29.8 Å². The lowest BCUT2D eigenvalue weighted by Gasteiger charge is -2.07. The highest BCUT2D eigenvalue weighted by Gasteiger charge is 1.99. The summed E-state index contributed by atoms with van der Waals surface area (Å²) < 4.78 is 10.9. The van der Waals surface area contributed by atoms with E-state index in [0.29, 0.717) is 18.9 Å². The third-order valence-electron chi connectivity index (χ3n) is 2.56. The van der Waals surface area contributed by atoms with E-state index >= 15 is 0 Å². The number of oxime groups is 1. The number of nitrogens with zero attached hydrogens (tertiary/aromatic N) is 1. The molecule has 0 radical (unpaired) electrons. The molecule has 100 valence electrons. The maximum absolute atomic E-state index is 8.64. The molecule has 0 aliphatic heterocycles. The van der Waals surface area contributed by atoms with Gasteiger partial charge in [-0.25, -0.2) is 0 Å². The Morgan fingerprint density at radius 1 is 1.17 bits per heavy atom. The van der Waals surface area contributed by atoms with Gasteiger partial charge in [0.1, 0.15) is 12.4 Å². The van der Waals surface area contributed by atoms with Gasteiger partial charge in [-0.2, -0.15) is 0 Å². The van der Waals surface area contributed by atoms with Gasteiger partial charge in [0.2, 0.25) is 0 Å². The number of ether oxygens (including phenoxy) is 2. The average molecular weight is 251 g/mol. The minimum absolute atomic E-state index is 0.552. The van der Waals surface area contributed by atoms with Crippen LogP contribution in [0.2, 0.25) is 0 Å². The van der Waals surface area contributed by atoms with E-state index in [9.17, 15) is 0 Å². The van der Waals surface area contributed by atoms with Crippen LogP contribution in [0.5, 0.6) is 5.75 Å². The Bertz CT molecular complexity index is 360. The van der Waals surface area contributed by atoms with Crippen LogP contribution < -0.4 is 4.74 Å². The fourth-order valence-corrected chi connectivity index (χ4v) is 1.42. The van der Waals surface area contributed by atoms with Crippen LogP contribution in [0.4, 0.5) is 0 Å². The SMILES string of the molecule is CCCCOCCOc1ccc(/C(C)=N/O)cc1. The van der Waals surface area contributed by atoms with Gasteiger partial charge < -0.3 is 14.7 Å². The number of hydrogen-bond donors (Lipinski definition) is 1. The van der Waals surface area contributed by atoms with Crippen LogP contribution in [0.15, 0.2) is 29.4 Å². The van der Waals surface area contributed by atoms with E-state index in [4.69, 9.17) is 14.7 Å². The Morgan fingerprint density at radius 2 is 1.89 bits per heavy atom. The third-order valence-corrected chi connectivity index (χ3v) is 2.56. The van der Waals surface area contributed by atoms with Crippen molar-refractivity contribution in [1.29, 1.82) is 0 Å². The molecule has 0 fully saturated rings. The van der Waals surface area contributed by atoms with Crippen molar-refractivity contribution >= 4 is 5.71 Å². The van der Waals surface area contributed by atoms with Gasteiger partial charge in [0.05, 0.1) is 12.3 Å². The second-order valence-corrected chi connectivity index (χ2v) is 4.02. The molecule has 0 atom stereocenters. The Kier molecular flexibility index (Phi) is 6.87. The normalized spacial score (nSPS) is 11.6. The third kappa shape index (κ3) is 5.19. The van der Waals surface area contributed by atoms with Crippen molar-refractivity contribution in [3.8, 4) is 5.75 Å². The molecule has 1 aromatic carbocycles. The molecule has 4 heteroatoms. The lowest BCUT2D eigenvalue weighted by molar-refractivity contribution is 0.0980. The van der Waals surface area contributed by atoms with Crippen molar-refractivity contribution in [2.75, 3.05) is 19.8 Å². The Hall–Kier alpha value is -1.55.